The molecule has 2 heterocycles. The van der Waals surface area contributed by atoms with Crippen molar-refractivity contribution in [1.82, 2.24) is 85.1 Å². The average Bonchev–Trinajstić information content (AvgIpc) is 0.912. The molecule has 0 radical (unpaired) electrons. The van der Waals surface area contributed by atoms with Crippen LogP contribution < -0.4 is 85.1 Å². The van der Waals surface area contributed by atoms with Crippen LogP contribution in [0.3, 0.4) is 0 Å². The highest BCUT2D eigenvalue weighted by molar-refractivity contribution is 6.04. The average molecular weight is 1750 g/mol. The van der Waals surface area contributed by atoms with Gasteiger partial charge in [0, 0.05) is 45.7 Å². The Morgan fingerprint density at radius 3 is 1.27 bits per heavy atom. The number of aliphatic hydroxyl groups excluding tert-OH is 2. The Labute approximate surface area is 719 Å². The highest BCUT2D eigenvalue weighted by Gasteiger charge is 2.49. The van der Waals surface area contributed by atoms with E-state index in [1.807, 2.05) is 6.92 Å². The fourth-order valence-electron chi connectivity index (χ4n) is 12.1. The molecular weight excluding hydrogens is 1610 g/mol. The molecule has 0 aromatic heterocycles. The molecule has 2 aliphatic heterocycles. The molecule has 0 spiro atoms. The van der Waals surface area contributed by atoms with Gasteiger partial charge in [-0.05, 0) is 187 Å². The number of hydrogen-bond donors (Lipinski definition) is 18. The molecule has 41 nitrogen and oxygen atoms in total. The number of unbranched alkanes of at least 4 members (excludes halogenated alkanes) is 3. The van der Waals surface area contributed by atoms with Crippen molar-refractivity contribution in [3.8, 4) is 0 Å². The third kappa shape index (κ3) is 42.7. The number of nitrogens with one attached hydrogen (secondary N) is 16. The maximum Gasteiger partial charge on any atom is 0.407 e. The first-order valence-corrected chi connectivity index (χ1v) is 41.8. The molecule has 3 rings (SSSR count). The van der Waals surface area contributed by atoms with Crippen molar-refractivity contribution >= 4 is 101 Å². The van der Waals surface area contributed by atoms with E-state index in [4.69, 9.17) is 28.4 Å². The van der Waals surface area contributed by atoms with Crippen LogP contribution in [0.4, 0.5) is 24.0 Å². The SMILES string of the molecule is CCCCCCC1OC(=O)C1C(=O)N[C@@H](CCNC(=O)OC(C)(C)C)C(=O)N[C@H](C(=O)N[C@@H](CCNC(=O)OC(C)(C)C)C(=O)N[C@H]1CCNC(=O)[C@H](C(C)O)NC(=O)[C@H](CCNC(=O)OC(C)(C)C)NC(=O)[C@H](CCNC(=O)OC(C)(C)C)NC(=O)[C@H](CC(C)C)NC(=O)[C@@H](Cc2ccccc2)NC(=O)[C@H](CCNC(=O)OC(C)(C)C)NC1=O)C(C)O. The lowest BCUT2D eigenvalue weighted by atomic mass is 9.91. The monoisotopic (exact) mass is 1740 g/mol. The minimum Gasteiger partial charge on any atom is -0.460 e. The Morgan fingerprint density at radius 2 is 0.854 bits per heavy atom. The Balaban J connectivity index is 2.39. The second-order valence-electron chi connectivity index (χ2n) is 35.7. The van der Waals surface area contributed by atoms with Gasteiger partial charge in [-0.3, -0.25) is 57.5 Å². The number of hydrogen-bond acceptors (Lipinski definition) is 25. The van der Waals surface area contributed by atoms with Crippen LogP contribution in [0.5, 0.6) is 0 Å². The Bertz CT molecular complexity index is 3740. The van der Waals surface area contributed by atoms with Gasteiger partial charge < -0.3 is 124 Å². The Kier molecular flexibility index (Phi) is 43.2. The van der Waals surface area contributed by atoms with Crippen molar-refractivity contribution in [2.45, 2.75) is 329 Å². The van der Waals surface area contributed by atoms with Gasteiger partial charge >= 0.3 is 36.4 Å². The summed E-state index contributed by atoms with van der Waals surface area (Å²) in [5.41, 5.74) is -4.60. The lowest BCUT2D eigenvalue weighted by Gasteiger charge is -2.35. The van der Waals surface area contributed by atoms with Crippen LogP contribution in [0.25, 0.3) is 0 Å². The van der Waals surface area contributed by atoms with E-state index in [-0.39, 0.29) is 25.9 Å². The van der Waals surface area contributed by atoms with Crippen LogP contribution >= 0.6 is 0 Å². The molecule has 2 aliphatic rings. The molecule has 2 fully saturated rings. The number of carbonyl (C=O) groups is 17. The first kappa shape index (κ1) is 106. The number of benzene rings is 1. The van der Waals surface area contributed by atoms with E-state index >= 15 is 19.2 Å². The normalized spacial score (nSPS) is 21.2. The summed E-state index contributed by atoms with van der Waals surface area (Å²) in [6, 6.07) is -9.81. The zero-order valence-corrected chi connectivity index (χ0v) is 74.8. The molecule has 1 aromatic carbocycles. The van der Waals surface area contributed by atoms with Crippen LogP contribution in [0.15, 0.2) is 30.3 Å². The first-order chi connectivity index (χ1) is 57.0. The molecule has 123 heavy (non-hydrogen) atoms. The molecule has 14 atom stereocenters. The summed E-state index contributed by atoms with van der Waals surface area (Å²) in [7, 11) is 0. The predicted molar refractivity (Wildman–Crippen MR) is 446 cm³/mol. The van der Waals surface area contributed by atoms with Gasteiger partial charge in [-0.25, -0.2) is 24.0 Å². The maximum absolute atomic E-state index is 15.4. The molecule has 41 heteroatoms. The smallest absolute Gasteiger partial charge is 0.407 e. The third-order valence-electron chi connectivity index (χ3n) is 17.9. The van der Waals surface area contributed by atoms with E-state index in [2.05, 4.69) is 85.1 Å². The standard InChI is InChI=1S/C82H136N16O25/c1-21-22-23-27-30-57-58(72(112)118-57)69(109)93-54(36-42-88-77(117)123-82(18,19)20)66(106)98-60(47(5)100)71(111)94-52(34-40-86-75(115)121-80(12,13)14)63(103)89-49-31-37-83-70(110)59(46(4)99)97-65(105)53(35-41-87-76(116)122-81(15,16)17)91-62(102)50(32-38-84-73(113)119-78(6,7)8)92-67(107)55(43-45(2)3)95-68(108)56(44-48-28-25-24-26-29-48)96-64(104)51(90-61(49)101)33-39-85-74(114)120-79(9,10)11/h24-26,28-29,45-47,49-60,99-100H,21-23,27,30-44H2,1-20H3,(H,83,110)(H,84,113)(H,85,114)(H,86,115)(H,87,116)(H,88,117)(H,89,103)(H,90,101)(H,91,102)(H,92,107)(H,93,109)(H,94,111)(H,95,108)(H,96,104)(H,97,105)(H,98,106)/t46?,47?,49-,50-,51-,52-,53-,54-,55-,56+,57?,58?,59-,60-/m0/s1. The van der Waals surface area contributed by atoms with Crippen LogP contribution in [-0.4, -0.2) is 258 Å². The largest absolute Gasteiger partial charge is 0.460 e. The highest BCUT2D eigenvalue weighted by Crippen LogP contribution is 2.28. The molecule has 18 N–H and O–H groups in total. The Morgan fingerprint density at radius 1 is 0.455 bits per heavy atom. The summed E-state index contributed by atoms with van der Waals surface area (Å²) in [5.74, 6) is -15.1. The maximum atomic E-state index is 15.4. The first-order valence-electron chi connectivity index (χ1n) is 41.8. The number of amides is 16. The predicted octanol–water partition coefficient (Wildman–Crippen LogP) is 1.49. The molecule has 1 aromatic rings. The van der Waals surface area contributed by atoms with Crippen molar-refractivity contribution in [2.24, 2.45) is 11.8 Å². The van der Waals surface area contributed by atoms with Crippen molar-refractivity contribution in [3.05, 3.63) is 35.9 Å². The number of rotatable bonds is 34. The second kappa shape index (κ2) is 50.0. The summed E-state index contributed by atoms with van der Waals surface area (Å²) in [4.78, 5) is 242. The molecule has 4 unspecified atom stereocenters. The fraction of sp³-hybridized carbons (Fsp3) is 0.720. The minimum absolute atomic E-state index is 0.135. The zero-order valence-electron chi connectivity index (χ0n) is 74.8. The van der Waals surface area contributed by atoms with Crippen molar-refractivity contribution < 1.29 is 120 Å². The van der Waals surface area contributed by atoms with Gasteiger partial charge in [-0.1, -0.05) is 70.4 Å². The van der Waals surface area contributed by atoms with Crippen LogP contribution in [0, 0.1) is 11.8 Å². The molecular formula is C82H136N16O25. The number of alkyl carbamates (subject to hydrolysis) is 5. The molecule has 694 valence electrons. The quantitative estimate of drug-likeness (QED) is 0.0201. The van der Waals surface area contributed by atoms with E-state index < -0.39 is 285 Å². The van der Waals surface area contributed by atoms with E-state index in [0.717, 1.165) is 33.1 Å². The lowest BCUT2D eigenvalue weighted by molar-refractivity contribution is -0.188. The minimum atomic E-state index is -2.04. The van der Waals surface area contributed by atoms with Crippen molar-refractivity contribution in [1.29, 1.82) is 0 Å². The molecule has 0 saturated carbocycles. The molecule has 16 amide bonds. The molecule has 0 bridgehead atoms. The number of esters is 1. The van der Waals surface area contributed by atoms with Gasteiger partial charge in [0.1, 0.15) is 94.5 Å². The Hall–Kier alpha value is -10.9. The van der Waals surface area contributed by atoms with E-state index in [9.17, 15) is 72.5 Å². The van der Waals surface area contributed by atoms with Crippen molar-refractivity contribution in [3.63, 3.8) is 0 Å². The third-order valence-corrected chi connectivity index (χ3v) is 17.9. The van der Waals surface area contributed by atoms with Gasteiger partial charge in [0.25, 0.3) is 0 Å². The van der Waals surface area contributed by atoms with E-state index in [1.54, 1.807) is 148 Å². The number of cyclic esters (lactones) is 1. The zero-order chi connectivity index (χ0) is 93.1. The van der Waals surface area contributed by atoms with Crippen LogP contribution in [0.2, 0.25) is 0 Å². The van der Waals surface area contributed by atoms with E-state index in [1.165, 1.54) is 0 Å². The second-order valence-corrected chi connectivity index (χ2v) is 35.7. The summed E-state index contributed by atoms with van der Waals surface area (Å²) in [6.07, 6.45) is -9.30. The fourth-order valence-corrected chi connectivity index (χ4v) is 12.1. The summed E-state index contributed by atoms with van der Waals surface area (Å²) < 4.78 is 32.2. The number of carbonyl (C=O) groups excluding carboxylic acids is 17. The topological polar surface area (TPSA) is 579 Å². The molecule has 2 saturated heterocycles. The van der Waals surface area contributed by atoms with Crippen molar-refractivity contribution in [2.75, 3.05) is 39.3 Å². The van der Waals surface area contributed by atoms with Gasteiger partial charge in [-0.2, -0.15) is 0 Å². The van der Waals surface area contributed by atoms with E-state index in [0.29, 0.717) is 18.4 Å². The van der Waals surface area contributed by atoms with Gasteiger partial charge in [0.15, 0.2) is 5.92 Å². The summed E-state index contributed by atoms with van der Waals surface area (Å²) >= 11 is 0. The highest BCUT2D eigenvalue weighted by atomic mass is 16.6. The van der Waals surface area contributed by atoms with Crippen LogP contribution in [-0.2, 0) is 92.4 Å². The van der Waals surface area contributed by atoms with Crippen LogP contribution in [0.1, 0.15) is 221 Å². The lowest BCUT2D eigenvalue weighted by Crippen LogP contribution is -2.62. The summed E-state index contributed by atoms with van der Waals surface area (Å²) in [6.45, 7) is 28.6. The van der Waals surface area contributed by atoms with Gasteiger partial charge in [0.05, 0.1) is 12.2 Å². The van der Waals surface area contributed by atoms with Gasteiger partial charge in [-0.15, -0.1) is 0 Å². The number of ether oxygens (including phenoxy) is 6. The van der Waals surface area contributed by atoms with Gasteiger partial charge in [0.2, 0.25) is 65.0 Å². The molecule has 0 aliphatic carbocycles. The number of aliphatic hydroxyl groups is 2. The summed E-state index contributed by atoms with van der Waals surface area (Å²) in [5, 5.41) is 62.9.